The molecule has 0 aliphatic carbocycles. The predicted molar refractivity (Wildman–Crippen MR) is 47.9 cm³/mol. The Kier molecular flexibility index (Phi) is 4.14. The molecule has 0 rings (SSSR count). The van der Waals surface area contributed by atoms with Crippen molar-refractivity contribution >= 4 is 17.4 Å². The van der Waals surface area contributed by atoms with Crippen LogP contribution >= 0.6 is 11.6 Å². The van der Waals surface area contributed by atoms with Crippen molar-refractivity contribution in [3.63, 3.8) is 0 Å². The van der Waals surface area contributed by atoms with Gasteiger partial charge in [-0.05, 0) is 0 Å². The van der Waals surface area contributed by atoms with Gasteiger partial charge in [-0.25, -0.2) is 4.99 Å². The molecule has 0 bridgehead atoms. The second kappa shape index (κ2) is 4.62. The van der Waals surface area contributed by atoms with E-state index in [2.05, 4.69) is 16.9 Å². The molecule has 0 amide bonds. The fourth-order valence-corrected chi connectivity index (χ4v) is 0.563. The van der Waals surface area contributed by atoms with E-state index >= 15 is 0 Å². The molecule has 0 spiro atoms. The highest BCUT2D eigenvalue weighted by atomic mass is 35.5. The van der Waals surface area contributed by atoms with Gasteiger partial charge in [0.05, 0.1) is 0 Å². The Labute approximate surface area is 70.6 Å². The van der Waals surface area contributed by atoms with Crippen molar-refractivity contribution in [2.45, 2.75) is 0 Å². The molecule has 5 N–H and O–H groups in total. The van der Waals surface area contributed by atoms with Crippen LogP contribution in [-0.2, 0) is 0 Å². The maximum absolute atomic E-state index is 5.44. The van der Waals surface area contributed by atoms with E-state index in [0.717, 1.165) is 0 Å². The van der Waals surface area contributed by atoms with E-state index in [-0.39, 0.29) is 10.9 Å². The van der Waals surface area contributed by atoms with E-state index in [0.29, 0.717) is 5.84 Å². The minimum atomic E-state index is 0.0138. The number of halogens is 1. The summed E-state index contributed by atoms with van der Waals surface area (Å²) in [5, 5.41) is 2.73. The lowest BCUT2D eigenvalue weighted by atomic mass is 10.4. The fourth-order valence-electron chi connectivity index (χ4n) is 0.473. The Bertz CT molecular complexity index is 203. The summed E-state index contributed by atoms with van der Waals surface area (Å²) in [7, 11) is 1.66. The lowest BCUT2D eigenvalue weighted by Crippen LogP contribution is -2.27. The Morgan fingerprint density at radius 3 is 2.45 bits per heavy atom. The number of amidine groups is 1. The number of nitrogens with two attached hydrogens (primary N) is 2. The van der Waals surface area contributed by atoms with Crippen LogP contribution in [0, 0.1) is 0 Å². The highest BCUT2D eigenvalue weighted by Crippen LogP contribution is 1.97. The van der Waals surface area contributed by atoms with Crippen LogP contribution in [0.3, 0.4) is 0 Å². The lowest BCUT2D eigenvalue weighted by molar-refractivity contribution is 1.13. The van der Waals surface area contributed by atoms with Crippen LogP contribution in [0.25, 0.3) is 0 Å². The Hall–Kier alpha value is -1.16. The smallest absolute Gasteiger partial charge is 0.151 e. The van der Waals surface area contributed by atoms with Gasteiger partial charge < -0.3 is 16.8 Å². The highest BCUT2D eigenvalue weighted by Gasteiger charge is 2.01. The van der Waals surface area contributed by atoms with Crippen LogP contribution in [-0.4, -0.2) is 12.9 Å². The number of rotatable bonds is 2. The van der Waals surface area contributed by atoms with E-state index in [1.807, 2.05) is 0 Å². The molecule has 0 aliphatic rings. The van der Waals surface area contributed by atoms with Gasteiger partial charge in [0.2, 0.25) is 0 Å². The van der Waals surface area contributed by atoms with Gasteiger partial charge in [0.1, 0.15) is 10.9 Å². The monoisotopic (exact) mass is 174 g/mol. The normalized spacial score (nSPS) is 13.8. The highest BCUT2D eigenvalue weighted by molar-refractivity contribution is 6.31. The molecule has 0 saturated heterocycles. The largest absolute Gasteiger partial charge is 0.393 e. The van der Waals surface area contributed by atoms with Crippen molar-refractivity contribution in [1.82, 2.24) is 5.32 Å². The SMILES string of the molecule is C=C/N=C(NC)\C(N)=C(/N)Cl. The topological polar surface area (TPSA) is 76.4 Å². The zero-order valence-electron chi connectivity index (χ0n) is 6.26. The molecule has 0 radical (unpaired) electrons. The van der Waals surface area contributed by atoms with Crippen molar-refractivity contribution in [3.8, 4) is 0 Å². The van der Waals surface area contributed by atoms with Crippen LogP contribution in [0.4, 0.5) is 0 Å². The van der Waals surface area contributed by atoms with E-state index in [4.69, 9.17) is 23.1 Å². The van der Waals surface area contributed by atoms with E-state index in [1.54, 1.807) is 7.05 Å². The van der Waals surface area contributed by atoms with Gasteiger partial charge in [-0.3, -0.25) is 0 Å². The third-order valence-corrected chi connectivity index (χ3v) is 1.17. The summed E-state index contributed by atoms with van der Waals surface area (Å²) in [6.45, 7) is 3.40. The van der Waals surface area contributed by atoms with Crippen LogP contribution in [0.5, 0.6) is 0 Å². The van der Waals surface area contributed by atoms with E-state index < -0.39 is 0 Å². The lowest BCUT2D eigenvalue weighted by Gasteiger charge is -2.04. The third-order valence-electron chi connectivity index (χ3n) is 0.970. The van der Waals surface area contributed by atoms with Gasteiger partial charge in [0.25, 0.3) is 0 Å². The second-order valence-corrected chi connectivity index (χ2v) is 2.08. The van der Waals surface area contributed by atoms with Crippen molar-refractivity contribution in [1.29, 1.82) is 0 Å². The second-order valence-electron chi connectivity index (χ2n) is 1.67. The molecule has 0 aromatic carbocycles. The summed E-state index contributed by atoms with van der Waals surface area (Å²) in [5.41, 5.74) is 10.9. The molecule has 0 heterocycles. The summed E-state index contributed by atoms with van der Waals surface area (Å²) in [5.74, 6) is 0.410. The zero-order chi connectivity index (χ0) is 8.85. The van der Waals surface area contributed by atoms with Crippen molar-refractivity contribution in [2.75, 3.05) is 7.05 Å². The number of nitrogens with one attached hydrogen (secondary N) is 1. The van der Waals surface area contributed by atoms with Crippen LogP contribution in [0.15, 0.2) is 28.6 Å². The number of hydrogen-bond acceptors (Lipinski definition) is 3. The molecule has 0 aliphatic heterocycles. The minimum absolute atomic E-state index is 0.0138. The zero-order valence-corrected chi connectivity index (χ0v) is 7.02. The predicted octanol–water partition coefficient (Wildman–Crippen LogP) is 0.0731. The molecule has 0 aromatic heterocycles. The summed E-state index contributed by atoms with van der Waals surface area (Å²) in [6.07, 6.45) is 1.35. The Morgan fingerprint density at radius 2 is 2.18 bits per heavy atom. The first kappa shape index (κ1) is 9.84. The van der Waals surface area contributed by atoms with E-state index in [9.17, 15) is 0 Å². The number of hydrogen-bond donors (Lipinski definition) is 3. The van der Waals surface area contributed by atoms with Gasteiger partial charge in [-0.2, -0.15) is 0 Å². The van der Waals surface area contributed by atoms with E-state index in [1.165, 1.54) is 6.20 Å². The first-order chi connectivity index (χ1) is 5.13. The molecule has 4 nitrogen and oxygen atoms in total. The average molecular weight is 175 g/mol. The van der Waals surface area contributed by atoms with Crippen LogP contribution in [0.2, 0.25) is 0 Å². The van der Waals surface area contributed by atoms with Crippen molar-refractivity contribution < 1.29 is 0 Å². The average Bonchev–Trinajstić information content (AvgIpc) is 1.98. The summed E-state index contributed by atoms with van der Waals surface area (Å²) >= 11 is 5.41. The number of aliphatic imine (C=N–C) groups is 1. The van der Waals surface area contributed by atoms with Crippen molar-refractivity contribution in [2.24, 2.45) is 16.5 Å². The van der Waals surface area contributed by atoms with Gasteiger partial charge in [0, 0.05) is 13.2 Å². The van der Waals surface area contributed by atoms with Crippen LogP contribution in [0.1, 0.15) is 0 Å². The van der Waals surface area contributed by atoms with Gasteiger partial charge in [-0.1, -0.05) is 18.2 Å². The first-order valence-electron chi connectivity index (χ1n) is 2.91. The first-order valence-corrected chi connectivity index (χ1v) is 3.28. The summed E-state index contributed by atoms with van der Waals surface area (Å²) in [6, 6.07) is 0. The third kappa shape index (κ3) is 2.95. The number of likely N-dealkylation sites (N-methyl/N-ethyl adjacent to an activating group) is 1. The molecular weight excluding hydrogens is 164 g/mol. The minimum Gasteiger partial charge on any atom is -0.393 e. The van der Waals surface area contributed by atoms with Gasteiger partial charge >= 0.3 is 0 Å². The molecule has 5 heteroatoms. The molecular formula is C6H11ClN4. The van der Waals surface area contributed by atoms with Crippen LogP contribution < -0.4 is 16.8 Å². The Morgan fingerprint density at radius 1 is 1.64 bits per heavy atom. The standard InChI is InChI=1S/C6H11ClN4/c1-3-11-6(10-2)4(8)5(7)9/h3H,1,8-9H2,2H3,(H,10,11)/b5-4+. The maximum atomic E-state index is 5.44. The molecule has 0 fully saturated rings. The molecule has 0 unspecified atom stereocenters. The maximum Gasteiger partial charge on any atom is 0.151 e. The quantitative estimate of drug-likeness (QED) is 0.315. The molecule has 0 aromatic rings. The molecule has 0 saturated carbocycles. The fraction of sp³-hybridized carbons (Fsp3) is 0.167. The summed E-state index contributed by atoms with van der Waals surface area (Å²) in [4.78, 5) is 3.79. The van der Waals surface area contributed by atoms with Gasteiger partial charge in [0.15, 0.2) is 5.84 Å². The molecule has 62 valence electrons. The number of nitrogens with zero attached hydrogens (tertiary/aromatic N) is 1. The summed E-state index contributed by atoms with van der Waals surface area (Å²) < 4.78 is 0. The van der Waals surface area contributed by atoms with Gasteiger partial charge in [-0.15, -0.1) is 0 Å². The Balaban J connectivity index is 4.66. The molecule has 11 heavy (non-hydrogen) atoms. The van der Waals surface area contributed by atoms with Crippen molar-refractivity contribution in [3.05, 3.63) is 23.6 Å². The molecule has 0 atom stereocenters.